The summed E-state index contributed by atoms with van der Waals surface area (Å²) < 4.78 is 8.07. The smallest absolute Gasteiger partial charge is 0.332 e. The quantitative estimate of drug-likeness (QED) is 0.339. The maximum absolute atomic E-state index is 13.6. The summed E-state index contributed by atoms with van der Waals surface area (Å²) in [5.74, 6) is -0.748. The molecule has 2 amide bonds. The number of aryl methyl sites for hydroxylation is 1. The predicted octanol–water partition coefficient (Wildman–Crippen LogP) is 3.26. The molecule has 3 aromatic carbocycles. The van der Waals surface area contributed by atoms with Crippen molar-refractivity contribution < 1.29 is 14.3 Å². The molecule has 1 atom stereocenters. The number of benzene rings is 3. The highest BCUT2D eigenvalue weighted by molar-refractivity contribution is 5.98. The number of carbonyl (C=O) groups is 2. The molecule has 0 saturated carbocycles. The molecule has 1 aliphatic heterocycles. The Bertz CT molecular complexity index is 1650. The number of anilines is 1. The van der Waals surface area contributed by atoms with Crippen LogP contribution in [0.25, 0.3) is 10.9 Å². The van der Waals surface area contributed by atoms with Crippen LogP contribution in [0.1, 0.15) is 34.3 Å². The third kappa shape index (κ3) is 6.05. The average molecular weight is 541 g/mol. The highest BCUT2D eigenvalue weighted by atomic mass is 16.5. The molecule has 1 fully saturated rings. The van der Waals surface area contributed by atoms with Gasteiger partial charge in [0.25, 0.3) is 11.5 Å². The summed E-state index contributed by atoms with van der Waals surface area (Å²) in [4.78, 5) is 53.1. The fourth-order valence-electron chi connectivity index (χ4n) is 4.98. The largest absolute Gasteiger partial charge is 0.376 e. The van der Waals surface area contributed by atoms with Crippen LogP contribution in [0.5, 0.6) is 0 Å². The van der Waals surface area contributed by atoms with Crippen LogP contribution in [0, 0.1) is 6.92 Å². The summed E-state index contributed by atoms with van der Waals surface area (Å²) in [5.41, 5.74) is 2.05. The van der Waals surface area contributed by atoms with Crippen molar-refractivity contribution in [2.45, 2.75) is 45.4 Å². The van der Waals surface area contributed by atoms with Crippen molar-refractivity contribution in [1.82, 2.24) is 14.5 Å². The molecule has 1 aliphatic rings. The fraction of sp³-hybridized carbons (Fsp3) is 0.290. The minimum Gasteiger partial charge on any atom is -0.376 e. The fourth-order valence-corrected chi connectivity index (χ4v) is 4.98. The van der Waals surface area contributed by atoms with Gasteiger partial charge >= 0.3 is 5.69 Å². The molecule has 0 aliphatic carbocycles. The van der Waals surface area contributed by atoms with Crippen LogP contribution in [0.4, 0.5) is 5.69 Å². The molecule has 0 bridgehead atoms. The van der Waals surface area contributed by atoms with Gasteiger partial charge in [0, 0.05) is 24.4 Å². The molecule has 2 N–H and O–H groups in total. The maximum atomic E-state index is 13.6. The SMILES string of the molecule is Cc1ccccc1NC(=O)Cn1c(=O)n(CC2CCCO2)c(=O)c2ccc(C(=O)NCCc3ccccc3)cc21. The number of aromatic nitrogens is 2. The average Bonchev–Trinajstić information content (AvgIpc) is 3.48. The molecule has 1 aromatic heterocycles. The number of amides is 2. The topological polar surface area (TPSA) is 111 Å². The minimum atomic E-state index is -0.616. The molecular formula is C31H32N4O5. The first kappa shape index (κ1) is 27.1. The van der Waals surface area contributed by atoms with E-state index in [0.717, 1.165) is 28.5 Å². The summed E-state index contributed by atoms with van der Waals surface area (Å²) in [5, 5.41) is 6.00. The lowest BCUT2D eigenvalue weighted by molar-refractivity contribution is -0.116. The first-order valence-electron chi connectivity index (χ1n) is 13.5. The number of nitrogens with zero attached hydrogens (tertiary/aromatic N) is 2. The van der Waals surface area contributed by atoms with E-state index in [9.17, 15) is 19.2 Å². The Morgan fingerprint density at radius 2 is 1.75 bits per heavy atom. The first-order chi connectivity index (χ1) is 19.4. The van der Waals surface area contributed by atoms with Gasteiger partial charge in [0.1, 0.15) is 6.54 Å². The van der Waals surface area contributed by atoms with E-state index in [1.165, 1.54) is 10.6 Å². The van der Waals surface area contributed by atoms with Crippen molar-refractivity contribution in [2.24, 2.45) is 0 Å². The molecule has 0 radical (unpaired) electrons. The number of para-hydroxylation sites is 1. The number of hydrogen-bond acceptors (Lipinski definition) is 5. The van der Waals surface area contributed by atoms with E-state index >= 15 is 0 Å². The van der Waals surface area contributed by atoms with Crippen molar-refractivity contribution in [3.05, 3.63) is 110 Å². The molecule has 9 nitrogen and oxygen atoms in total. The van der Waals surface area contributed by atoms with E-state index in [-0.39, 0.29) is 36.0 Å². The van der Waals surface area contributed by atoms with Gasteiger partial charge in [-0.2, -0.15) is 0 Å². The standard InChI is InChI=1S/C31H32N4O5/c1-21-8-5-6-12-26(21)33-28(36)20-34-27-18-23(29(37)32-16-15-22-9-3-2-4-10-22)13-14-25(27)30(38)35(31(34)39)19-24-11-7-17-40-24/h2-6,8-10,12-14,18,24H,7,11,15-17,19-20H2,1H3,(H,32,37)(H,33,36). The highest BCUT2D eigenvalue weighted by Crippen LogP contribution is 2.17. The van der Waals surface area contributed by atoms with Gasteiger partial charge in [-0.15, -0.1) is 0 Å². The molecule has 5 rings (SSSR count). The summed E-state index contributed by atoms with van der Waals surface area (Å²) in [6.45, 7) is 2.67. The van der Waals surface area contributed by atoms with Gasteiger partial charge in [0.15, 0.2) is 0 Å². The van der Waals surface area contributed by atoms with Crippen LogP contribution in [0.2, 0.25) is 0 Å². The number of ether oxygens (including phenoxy) is 1. The van der Waals surface area contributed by atoms with Gasteiger partial charge < -0.3 is 15.4 Å². The third-order valence-electron chi connectivity index (χ3n) is 7.16. The molecule has 2 heterocycles. The molecule has 0 spiro atoms. The summed E-state index contributed by atoms with van der Waals surface area (Å²) >= 11 is 0. The van der Waals surface area contributed by atoms with Gasteiger partial charge in [0.2, 0.25) is 5.91 Å². The summed E-state index contributed by atoms with van der Waals surface area (Å²) in [6.07, 6.45) is 2.03. The van der Waals surface area contributed by atoms with Crippen molar-refractivity contribution in [3.8, 4) is 0 Å². The Balaban J connectivity index is 1.47. The molecule has 9 heteroatoms. The van der Waals surface area contributed by atoms with E-state index in [4.69, 9.17) is 4.74 Å². The second kappa shape index (κ2) is 12.1. The summed E-state index contributed by atoms with van der Waals surface area (Å²) in [7, 11) is 0. The monoisotopic (exact) mass is 540 g/mol. The van der Waals surface area contributed by atoms with Gasteiger partial charge in [-0.25, -0.2) is 4.79 Å². The second-order valence-electron chi connectivity index (χ2n) is 10.0. The number of hydrogen-bond donors (Lipinski definition) is 2. The Labute approximate surface area is 231 Å². The number of nitrogens with one attached hydrogen (secondary N) is 2. The molecular weight excluding hydrogens is 508 g/mol. The van der Waals surface area contributed by atoms with Crippen molar-refractivity contribution in [3.63, 3.8) is 0 Å². The van der Waals surface area contributed by atoms with E-state index < -0.39 is 17.2 Å². The third-order valence-corrected chi connectivity index (χ3v) is 7.16. The maximum Gasteiger partial charge on any atom is 0.332 e. The lowest BCUT2D eigenvalue weighted by Gasteiger charge is -2.17. The molecule has 40 heavy (non-hydrogen) atoms. The van der Waals surface area contributed by atoms with Crippen LogP contribution in [-0.2, 0) is 29.0 Å². The predicted molar refractivity (Wildman–Crippen MR) is 154 cm³/mol. The lowest BCUT2D eigenvalue weighted by Crippen LogP contribution is -2.43. The molecule has 206 valence electrons. The Kier molecular flexibility index (Phi) is 8.21. The van der Waals surface area contributed by atoms with Crippen molar-refractivity contribution in [2.75, 3.05) is 18.5 Å². The zero-order valence-corrected chi connectivity index (χ0v) is 22.4. The van der Waals surface area contributed by atoms with E-state index in [0.29, 0.717) is 30.8 Å². The van der Waals surface area contributed by atoms with E-state index in [2.05, 4.69) is 10.6 Å². The number of fused-ring (bicyclic) bond motifs is 1. The lowest BCUT2D eigenvalue weighted by atomic mass is 10.1. The zero-order valence-electron chi connectivity index (χ0n) is 22.4. The Hall–Kier alpha value is -4.50. The Morgan fingerprint density at radius 1 is 0.975 bits per heavy atom. The first-order valence-corrected chi connectivity index (χ1v) is 13.5. The van der Waals surface area contributed by atoms with Crippen LogP contribution in [-0.4, -0.2) is 40.2 Å². The minimum absolute atomic E-state index is 0.106. The zero-order chi connectivity index (χ0) is 28.1. The van der Waals surface area contributed by atoms with Crippen molar-refractivity contribution >= 4 is 28.4 Å². The van der Waals surface area contributed by atoms with Gasteiger partial charge in [-0.1, -0.05) is 48.5 Å². The second-order valence-corrected chi connectivity index (χ2v) is 10.0. The van der Waals surface area contributed by atoms with E-state index in [1.54, 1.807) is 18.2 Å². The molecule has 4 aromatic rings. The van der Waals surface area contributed by atoms with Crippen LogP contribution in [0.3, 0.4) is 0 Å². The number of carbonyl (C=O) groups excluding carboxylic acids is 2. The highest BCUT2D eigenvalue weighted by Gasteiger charge is 2.22. The molecule has 1 saturated heterocycles. The van der Waals surface area contributed by atoms with Gasteiger partial charge in [0.05, 0.1) is 23.6 Å². The van der Waals surface area contributed by atoms with Crippen molar-refractivity contribution in [1.29, 1.82) is 0 Å². The van der Waals surface area contributed by atoms with Crippen LogP contribution < -0.4 is 21.9 Å². The number of rotatable bonds is 9. The van der Waals surface area contributed by atoms with Gasteiger partial charge in [-0.05, 0) is 61.6 Å². The van der Waals surface area contributed by atoms with E-state index in [1.807, 2.05) is 55.5 Å². The van der Waals surface area contributed by atoms with Crippen LogP contribution >= 0.6 is 0 Å². The molecule has 1 unspecified atom stereocenters. The summed E-state index contributed by atoms with van der Waals surface area (Å²) in [6, 6.07) is 21.8. The van der Waals surface area contributed by atoms with Gasteiger partial charge in [-0.3, -0.25) is 23.5 Å². The Morgan fingerprint density at radius 3 is 2.50 bits per heavy atom. The normalized spacial score (nSPS) is 14.8. The van der Waals surface area contributed by atoms with Crippen LogP contribution in [0.15, 0.2) is 82.4 Å².